The van der Waals surface area contributed by atoms with Gasteiger partial charge in [0.15, 0.2) is 17.5 Å². The molecule has 0 amide bonds. The number of aromatic nitrogens is 1. The minimum atomic E-state index is -1.31. The molecule has 96 valence electrons. The van der Waals surface area contributed by atoms with E-state index in [4.69, 9.17) is 0 Å². The van der Waals surface area contributed by atoms with Crippen molar-refractivity contribution in [1.82, 2.24) is 4.98 Å². The molecule has 0 aliphatic carbocycles. The molecule has 0 saturated carbocycles. The Morgan fingerprint density at radius 2 is 1.89 bits per heavy atom. The van der Waals surface area contributed by atoms with E-state index in [0.29, 0.717) is 12.6 Å². The van der Waals surface area contributed by atoms with Gasteiger partial charge < -0.3 is 5.32 Å². The summed E-state index contributed by atoms with van der Waals surface area (Å²) < 4.78 is 38.8. The summed E-state index contributed by atoms with van der Waals surface area (Å²) in [5, 5.41) is 2.66. The first-order valence-corrected chi connectivity index (χ1v) is 6.10. The first-order valence-electron chi connectivity index (χ1n) is 5.28. The molecule has 0 aromatic carbocycles. The Bertz CT molecular complexity index is 561. The molecule has 0 fully saturated rings. The van der Waals surface area contributed by atoms with Crippen LogP contribution < -0.4 is 5.32 Å². The van der Waals surface area contributed by atoms with Gasteiger partial charge in [-0.15, -0.1) is 11.3 Å². The van der Waals surface area contributed by atoms with Crippen LogP contribution in [0.5, 0.6) is 0 Å². The van der Waals surface area contributed by atoms with E-state index in [0.717, 1.165) is 10.4 Å². The van der Waals surface area contributed by atoms with Crippen molar-refractivity contribution in [1.29, 1.82) is 0 Å². The van der Waals surface area contributed by atoms with E-state index in [-0.39, 0.29) is 5.82 Å². The summed E-state index contributed by atoms with van der Waals surface area (Å²) >= 11 is 1.57. The average molecular weight is 272 g/mol. The first-order chi connectivity index (χ1) is 8.47. The molecule has 0 spiro atoms. The van der Waals surface area contributed by atoms with Gasteiger partial charge in [0.1, 0.15) is 0 Å². The number of rotatable bonds is 3. The monoisotopic (exact) mass is 272 g/mol. The van der Waals surface area contributed by atoms with E-state index < -0.39 is 17.6 Å². The van der Waals surface area contributed by atoms with Crippen LogP contribution in [0.15, 0.2) is 12.1 Å². The van der Waals surface area contributed by atoms with Crippen LogP contribution >= 0.6 is 11.3 Å². The van der Waals surface area contributed by atoms with Crippen molar-refractivity contribution in [3.05, 3.63) is 45.0 Å². The standard InChI is InChI=1S/C12H11F3N2S/c1-6-3-8(18-7(6)2)5-16-12-10(14)4-9(13)11(15)17-12/h3-4H,5H2,1-2H3,(H,16,17). The van der Waals surface area contributed by atoms with Gasteiger partial charge in [0.25, 0.3) is 5.95 Å². The van der Waals surface area contributed by atoms with Crippen LogP contribution in [0.25, 0.3) is 0 Å². The van der Waals surface area contributed by atoms with E-state index in [1.807, 2.05) is 19.9 Å². The summed E-state index contributed by atoms with van der Waals surface area (Å²) in [6.07, 6.45) is 0. The molecule has 2 aromatic heterocycles. The summed E-state index contributed by atoms with van der Waals surface area (Å²) in [4.78, 5) is 5.35. The van der Waals surface area contributed by atoms with Crippen molar-refractivity contribution in [3.8, 4) is 0 Å². The fourth-order valence-electron chi connectivity index (χ4n) is 1.48. The van der Waals surface area contributed by atoms with E-state index >= 15 is 0 Å². The Balaban J connectivity index is 2.13. The van der Waals surface area contributed by atoms with Gasteiger partial charge in [0.05, 0.1) is 6.54 Å². The molecule has 2 aromatic rings. The predicted octanol–water partition coefficient (Wildman–Crippen LogP) is 3.79. The third-order valence-corrected chi connectivity index (χ3v) is 3.69. The lowest BCUT2D eigenvalue weighted by molar-refractivity contribution is 0.466. The second-order valence-corrected chi connectivity index (χ2v) is 5.24. The third-order valence-electron chi connectivity index (χ3n) is 2.53. The minimum Gasteiger partial charge on any atom is -0.363 e. The third kappa shape index (κ3) is 2.64. The maximum atomic E-state index is 13.3. The van der Waals surface area contributed by atoms with Crippen molar-refractivity contribution in [3.63, 3.8) is 0 Å². The number of aryl methyl sites for hydroxylation is 2. The van der Waals surface area contributed by atoms with Crippen molar-refractivity contribution in [2.75, 3.05) is 5.32 Å². The first kappa shape index (κ1) is 12.9. The van der Waals surface area contributed by atoms with Gasteiger partial charge in [-0.1, -0.05) is 0 Å². The average Bonchev–Trinajstić information content (AvgIpc) is 2.62. The minimum absolute atomic E-state index is 0.280. The van der Waals surface area contributed by atoms with Gasteiger partial charge in [0.2, 0.25) is 0 Å². The maximum absolute atomic E-state index is 13.3. The molecule has 2 rings (SSSR count). The fraction of sp³-hybridized carbons (Fsp3) is 0.250. The lowest BCUT2D eigenvalue weighted by atomic mass is 10.3. The number of halogens is 3. The van der Waals surface area contributed by atoms with Crippen LogP contribution in [0.4, 0.5) is 19.0 Å². The summed E-state index contributed by atoms with van der Waals surface area (Å²) in [6, 6.07) is 2.44. The summed E-state index contributed by atoms with van der Waals surface area (Å²) in [5.74, 6) is -3.78. The zero-order valence-electron chi connectivity index (χ0n) is 9.85. The van der Waals surface area contributed by atoms with Gasteiger partial charge in [-0.25, -0.2) is 8.78 Å². The van der Waals surface area contributed by atoms with Gasteiger partial charge in [-0.05, 0) is 25.5 Å². The Morgan fingerprint density at radius 1 is 1.17 bits per heavy atom. The molecule has 1 N–H and O–H groups in total. The highest BCUT2D eigenvalue weighted by molar-refractivity contribution is 7.12. The number of hydrogen-bond donors (Lipinski definition) is 1. The van der Waals surface area contributed by atoms with Crippen LogP contribution in [0.3, 0.4) is 0 Å². The summed E-state index contributed by atoms with van der Waals surface area (Å²) in [5.41, 5.74) is 1.15. The number of anilines is 1. The fourth-order valence-corrected chi connectivity index (χ4v) is 2.47. The van der Waals surface area contributed by atoms with Crippen LogP contribution in [-0.2, 0) is 6.54 Å². The molecule has 18 heavy (non-hydrogen) atoms. The van der Waals surface area contributed by atoms with Crippen molar-refractivity contribution >= 4 is 17.2 Å². The highest BCUT2D eigenvalue weighted by Crippen LogP contribution is 2.22. The van der Waals surface area contributed by atoms with Crippen molar-refractivity contribution < 1.29 is 13.2 Å². The Hall–Kier alpha value is -1.56. The Morgan fingerprint density at radius 3 is 2.50 bits per heavy atom. The highest BCUT2D eigenvalue weighted by atomic mass is 32.1. The molecule has 0 unspecified atom stereocenters. The van der Waals surface area contributed by atoms with Gasteiger partial charge in [0, 0.05) is 15.8 Å². The van der Waals surface area contributed by atoms with Crippen LogP contribution in [0.2, 0.25) is 0 Å². The summed E-state index contributed by atoms with van der Waals surface area (Å²) in [7, 11) is 0. The zero-order chi connectivity index (χ0) is 13.3. The lowest BCUT2D eigenvalue weighted by Gasteiger charge is -2.05. The van der Waals surface area contributed by atoms with Crippen LogP contribution in [0, 0.1) is 31.4 Å². The zero-order valence-corrected chi connectivity index (χ0v) is 10.7. The molecular formula is C12H11F3N2S. The quantitative estimate of drug-likeness (QED) is 0.860. The number of nitrogens with zero attached hydrogens (tertiary/aromatic N) is 1. The molecule has 0 atom stereocenters. The lowest BCUT2D eigenvalue weighted by Crippen LogP contribution is -2.05. The molecular weight excluding hydrogens is 261 g/mol. The van der Waals surface area contributed by atoms with Crippen molar-refractivity contribution in [2.24, 2.45) is 0 Å². The van der Waals surface area contributed by atoms with Crippen molar-refractivity contribution in [2.45, 2.75) is 20.4 Å². The van der Waals surface area contributed by atoms with Gasteiger partial charge in [-0.3, -0.25) is 0 Å². The number of nitrogens with one attached hydrogen (secondary N) is 1. The normalized spacial score (nSPS) is 10.7. The number of hydrogen-bond acceptors (Lipinski definition) is 3. The van der Waals surface area contributed by atoms with E-state index in [1.165, 1.54) is 4.88 Å². The van der Waals surface area contributed by atoms with E-state index in [2.05, 4.69) is 10.3 Å². The number of pyridine rings is 1. The van der Waals surface area contributed by atoms with Crippen LogP contribution in [-0.4, -0.2) is 4.98 Å². The summed E-state index contributed by atoms with van der Waals surface area (Å²) in [6.45, 7) is 4.29. The molecule has 0 saturated heterocycles. The molecule has 2 nitrogen and oxygen atoms in total. The second kappa shape index (κ2) is 4.97. The maximum Gasteiger partial charge on any atom is 0.251 e. The van der Waals surface area contributed by atoms with Gasteiger partial charge in [-0.2, -0.15) is 9.37 Å². The SMILES string of the molecule is Cc1cc(CNc2nc(F)c(F)cc2F)sc1C. The second-order valence-electron chi connectivity index (χ2n) is 3.90. The Labute approximate surface area is 106 Å². The largest absolute Gasteiger partial charge is 0.363 e. The smallest absolute Gasteiger partial charge is 0.251 e. The van der Waals surface area contributed by atoms with E-state index in [1.54, 1.807) is 11.3 Å². The molecule has 0 aliphatic rings. The van der Waals surface area contributed by atoms with E-state index in [9.17, 15) is 13.2 Å². The predicted molar refractivity (Wildman–Crippen MR) is 65.2 cm³/mol. The topological polar surface area (TPSA) is 24.9 Å². The molecule has 6 heteroatoms. The molecule has 0 aliphatic heterocycles. The molecule has 2 heterocycles. The molecule has 0 bridgehead atoms. The van der Waals surface area contributed by atoms with Crippen LogP contribution in [0.1, 0.15) is 15.3 Å². The highest BCUT2D eigenvalue weighted by Gasteiger charge is 2.11. The number of thiophene rings is 1. The Kier molecular flexibility index (Phi) is 3.56. The van der Waals surface area contributed by atoms with Gasteiger partial charge >= 0.3 is 0 Å². The molecule has 0 radical (unpaired) electrons.